The summed E-state index contributed by atoms with van der Waals surface area (Å²) in [6, 6.07) is 21.3. The number of esters is 1. The van der Waals surface area contributed by atoms with E-state index in [1.54, 1.807) is 19.2 Å². The van der Waals surface area contributed by atoms with Gasteiger partial charge in [0.2, 0.25) is 0 Å². The van der Waals surface area contributed by atoms with E-state index in [0.29, 0.717) is 24.3 Å². The highest BCUT2D eigenvalue weighted by Gasteiger charge is 2.33. The zero-order valence-electron chi connectivity index (χ0n) is 20.3. The third-order valence-corrected chi connectivity index (χ3v) is 6.72. The Kier molecular flexibility index (Phi) is 7.36. The first kappa shape index (κ1) is 24.3. The maximum absolute atomic E-state index is 14.4. The lowest BCUT2D eigenvalue weighted by molar-refractivity contribution is -0.140. The molecule has 6 heteroatoms. The van der Waals surface area contributed by atoms with E-state index in [-0.39, 0.29) is 30.2 Å². The van der Waals surface area contributed by atoms with E-state index in [0.717, 1.165) is 28.8 Å². The molecule has 1 aliphatic rings. The van der Waals surface area contributed by atoms with Crippen LogP contribution in [0, 0.1) is 30.0 Å². The molecular weight excluding hydrogens is 443 g/mol. The Bertz CT molecular complexity index is 1250. The summed E-state index contributed by atoms with van der Waals surface area (Å²) in [5, 5.41) is 9.39. The van der Waals surface area contributed by atoms with Crippen molar-refractivity contribution >= 4 is 11.7 Å². The Morgan fingerprint density at radius 1 is 1.11 bits per heavy atom. The molecule has 3 aromatic carbocycles. The summed E-state index contributed by atoms with van der Waals surface area (Å²) in [5.41, 5.74) is 5.74. The summed E-state index contributed by atoms with van der Waals surface area (Å²) in [6.07, 6.45) is 1.68. The second-order valence-corrected chi connectivity index (χ2v) is 8.98. The number of benzene rings is 3. The number of halogens is 1. The quantitative estimate of drug-likeness (QED) is 0.414. The monoisotopic (exact) mass is 472 g/mol. The van der Waals surface area contributed by atoms with Crippen molar-refractivity contribution in [2.75, 3.05) is 25.7 Å². The lowest BCUT2D eigenvalue weighted by Gasteiger charge is -2.26. The fourth-order valence-electron chi connectivity index (χ4n) is 4.74. The molecule has 1 heterocycles. The van der Waals surface area contributed by atoms with E-state index in [2.05, 4.69) is 35.2 Å². The van der Waals surface area contributed by atoms with Gasteiger partial charge in [-0.25, -0.2) is 4.39 Å². The normalized spacial score (nSPS) is 17.2. The maximum atomic E-state index is 14.4. The Morgan fingerprint density at radius 2 is 1.89 bits per heavy atom. The van der Waals surface area contributed by atoms with Gasteiger partial charge in [-0.05, 0) is 72.4 Å². The highest BCUT2D eigenvalue weighted by Crippen LogP contribution is 2.32. The molecule has 0 bridgehead atoms. The highest BCUT2D eigenvalue weighted by molar-refractivity contribution is 5.71. The molecular formula is C29H29FN2O3. The van der Waals surface area contributed by atoms with E-state index in [1.165, 1.54) is 18.7 Å². The first-order chi connectivity index (χ1) is 16.9. The van der Waals surface area contributed by atoms with Crippen LogP contribution in [0.3, 0.4) is 0 Å². The van der Waals surface area contributed by atoms with Crippen LogP contribution >= 0.6 is 0 Å². The fraction of sp³-hybridized carbons (Fsp3) is 0.310. The highest BCUT2D eigenvalue weighted by atomic mass is 19.1. The van der Waals surface area contributed by atoms with Crippen LogP contribution in [-0.4, -0.2) is 32.8 Å². The van der Waals surface area contributed by atoms with Crippen molar-refractivity contribution in [2.45, 2.75) is 32.2 Å². The molecule has 0 spiro atoms. The molecule has 0 N–H and O–H groups in total. The number of carbonyl (C=O) groups excluding carboxylic acids is 1. The van der Waals surface area contributed by atoms with Gasteiger partial charge in [-0.3, -0.25) is 4.79 Å². The third-order valence-electron chi connectivity index (χ3n) is 6.72. The Hall–Kier alpha value is -3.85. The zero-order valence-corrected chi connectivity index (χ0v) is 20.3. The zero-order chi connectivity index (χ0) is 24.9. The number of hydrogen-bond donors (Lipinski definition) is 0. The molecule has 0 amide bonds. The molecule has 1 fully saturated rings. The first-order valence-corrected chi connectivity index (χ1v) is 11.7. The topological polar surface area (TPSA) is 62.6 Å². The van der Waals surface area contributed by atoms with Crippen molar-refractivity contribution < 1.29 is 18.7 Å². The van der Waals surface area contributed by atoms with Crippen molar-refractivity contribution in [3.63, 3.8) is 0 Å². The summed E-state index contributed by atoms with van der Waals surface area (Å²) in [6.45, 7) is 2.65. The molecule has 0 radical (unpaired) electrons. The summed E-state index contributed by atoms with van der Waals surface area (Å²) in [7, 11) is 2.96. The number of hydrogen-bond acceptors (Lipinski definition) is 5. The Balaban J connectivity index is 1.50. The maximum Gasteiger partial charge on any atom is 0.307 e. The average Bonchev–Trinajstić information content (AvgIpc) is 3.28. The van der Waals surface area contributed by atoms with Crippen molar-refractivity contribution in [3.8, 4) is 22.9 Å². The van der Waals surface area contributed by atoms with Gasteiger partial charge in [0.05, 0.1) is 32.6 Å². The van der Waals surface area contributed by atoms with E-state index >= 15 is 0 Å². The number of rotatable bonds is 7. The van der Waals surface area contributed by atoms with E-state index in [1.807, 2.05) is 25.1 Å². The standard InChI is InChI=1S/C29H29FN2O3/c1-19-12-23(27-16-26(34-2)10-11-28(27)30)7-6-22(19)13-20-4-8-24(9-5-20)32-18-21(17-31)14-25(32)15-29(33)35-3/h4-12,16,21,25H,13-15,18H2,1-3H3. The molecule has 0 saturated carbocycles. The molecule has 0 aromatic heterocycles. The molecule has 1 aliphatic heterocycles. The lowest BCUT2D eigenvalue weighted by Crippen LogP contribution is -2.31. The van der Waals surface area contributed by atoms with Crippen LogP contribution in [0.15, 0.2) is 60.7 Å². The smallest absolute Gasteiger partial charge is 0.307 e. The van der Waals surface area contributed by atoms with Crippen LogP contribution in [0.5, 0.6) is 5.75 Å². The fourth-order valence-corrected chi connectivity index (χ4v) is 4.74. The van der Waals surface area contributed by atoms with Crippen LogP contribution in [0.25, 0.3) is 11.1 Å². The van der Waals surface area contributed by atoms with Crippen molar-refractivity contribution in [1.29, 1.82) is 5.26 Å². The second kappa shape index (κ2) is 10.6. The van der Waals surface area contributed by atoms with Gasteiger partial charge < -0.3 is 14.4 Å². The van der Waals surface area contributed by atoms with Crippen LogP contribution in [0.2, 0.25) is 0 Å². The molecule has 0 aliphatic carbocycles. The number of nitriles is 1. The van der Waals surface area contributed by atoms with Crippen molar-refractivity contribution in [2.24, 2.45) is 5.92 Å². The minimum Gasteiger partial charge on any atom is -0.497 e. The molecule has 2 unspecified atom stereocenters. The predicted molar refractivity (Wildman–Crippen MR) is 134 cm³/mol. The molecule has 180 valence electrons. The van der Waals surface area contributed by atoms with Gasteiger partial charge in [0.1, 0.15) is 11.6 Å². The van der Waals surface area contributed by atoms with Crippen LogP contribution in [0.1, 0.15) is 29.5 Å². The van der Waals surface area contributed by atoms with E-state index < -0.39 is 0 Å². The molecule has 5 nitrogen and oxygen atoms in total. The predicted octanol–water partition coefficient (Wildman–Crippen LogP) is 5.68. The van der Waals surface area contributed by atoms with Gasteiger partial charge in [0.25, 0.3) is 0 Å². The molecule has 4 rings (SSSR count). The minimum atomic E-state index is -0.278. The number of aryl methyl sites for hydroxylation is 1. The summed E-state index contributed by atoms with van der Waals surface area (Å²) < 4.78 is 24.5. The number of ether oxygens (including phenoxy) is 2. The minimum absolute atomic E-state index is 0.0373. The van der Waals surface area contributed by atoms with Gasteiger partial charge in [-0.1, -0.05) is 30.3 Å². The van der Waals surface area contributed by atoms with Crippen LogP contribution < -0.4 is 9.64 Å². The largest absolute Gasteiger partial charge is 0.497 e. The summed E-state index contributed by atoms with van der Waals surface area (Å²) in [5.74, 6) is -0.0152. The number of carbonyl (C=O) groups is 1. The Morgan fingerprint density at radius 3 is 2.54 bits per heavy atom. The van der Waals surface area contributed by atoms with E-state index in [9.17, 15) is 14.4 Å². The van der Waals surface area contributed by atoms with Gasteiger partial charge in [-0.2, -0.15) is 5.26 Å². The summed E-state index contributed by atoms with van der Waals surface area (Å²) >= 11 is 0. The Labute approximate surface area is 205 Å². The van der Waals surface area contributed by atoms with Crippen LogP contribution in [-0.2, 0) is 16.0 Å². The number of nitrogens with zero attached hydrogens (tertiary/aromatic N) is 2. The van der Waals surface area contributed by atoms with E-state index in [4.69, 9.17) is 9.47 Å². The van der Waals surface area contributed by atoms with Gasteiger partial charge >= 0.3 is 5.97 Å². The lowest BCUT2D eigenvalue weighted by atomic mass is 9.95. The first-order valence-electron chi connectivity index (χ1n) is 11.7. The molecule has 35 heavy (non-hydrogen) atoms. The number of methoxy groups -OCH3 is 2. The molecule has 2 atom stereocenters. The third kappa shape index (κ3) is 5.46. The van der Waals surface area contributed by atoms with Crippen molar-refractivity contribution in [1.82, 2.24) is 0 Å². The van der Waals surface area contributed by atoms with Gasteiger partial charge in [-0.15, -0.1) is 0 Å². The molecule has 3 aromatic rings. The van der Waals surface area contributed by atoms with Gasteiger partial charge in [0.15, 0.2) is 0 Å². The van der Waals surface area contributed by atoms with Gasteiger partial charge in [0, 0.05) is 23.8 Å². The van der Waals surface area contributed by atoms with Crippen molar-refractivity contribution in [3.05, 3.63) is 83.2 Å². The number of anilines is 1. The van der Waals surface area contributed by atoms with Crippen LogP contribution in [0.4, 0.5) is 10.1 Å². The average molecular weight is 473 g/mol. The SMILES string of the molecule is COC(=O)CC1CC(C#N)CN1c1ccc(Cc2ccc(-c3cc(OC)ccc3F)cc2C)cc1. The molecule has 1 saturated heterocycles. The summed E-state index contributed by atoms with van der Waals surface area (Å²) in [4.78, 5) is 14.0. The second-order valence-electron chi connectivity index (χ2n) is 8.98.